The first-order chi connectivity index (χ1) is 7.00. The molecule has 3 nitrogen and oxygen atoms in total. The van der Waals surface area contributed by atoms with E-state index in [9.17, 15) is 8.42 Å². The molecule has 0 aliphatic carbocycles. The zero-order chi connectivity index (χ0) is 11.1. The van der Waals surface area contributed by atoms with Crippen LogP contribution in [0.2, 0.25) is 0 Å². The van der Waals surface area contributed by atoms with Crippen molar-refractivity contribution in [1.29, 1.82) is 0 Å². The van der Waals surface area contributed by atoms with Gasteiger partial charge in [-0.25, -0.2) is 0 Å². The molecular formula is C11H10KO3S+. The molecule has 0 aromatic heterocycles. The molecule has 0 amide bonds. The number of aryl methyl sites for hydroxylation is 1. The van der Waals surface area contributed by atoms with Crippen LogP contribution in [0, 0.1) is 6.92 Å². The van der Waals surface area contributed by atoms with Crippen molar-refractivity contribution in [2.24, 2.45) is 0 Å². The van der Waals surface area contributed by atoms with E-state index in [4.69, 9.17) is 4.55 Å². The summed E-state index contributed by atoms with van der Waals surface area (Å²) in [6, 6.07) is 10.2. The van der Waals surface area contributed by atoms with Crippen molar-refractivity contribution >= 4 is 20.9 Å². The molecule has 0 fully saturated rings. The van der Waals surface area contributed by atoms with Gasteiger partial charge in [-0.2, -0.15) is 8.42 Å². The average molecular weight is 261 g/mol. The molecule has 78 valence electrons. The van der Waals surface area contributed by atoms with Gasteiger partial charge in [-0.3, -0.25) is 4.55 Å². The third-order valence-electron chi connectivity index (χ3n) is 2.38. The molecule has 0 saturated heterocycles. The van der Waals surface area contributed by atoms with E-state index in [-0.39, 0.29) is 56.3 Å². The van der Waals surface area contributed by atoms with Crippen LogP contribution in [0.15, 0.2) is 41.3 Å². The van der Waals surface area contributed by atoms with Crippen LogP contribution in [0.4, 0.5) is 0 Å². The van der Waals surface area contributed by atoms with E-state index in [0.29, 0.717) is 5.39 Å². The molecule has 0 heterocycles. The minimum absolute atomic E-state index is 0. The number of rotatable bonds is 1. The van der Waals surface area contributed by atoms with Crippen LogP contribution in [0.3, 0.4) is 0 Å². The molecule has 0 unspecified atom stereocenters. The Labute approximate surface area is 137 Å². The van der Waals surface area contributed by atoms with Gasteiger partial charge in [-0.15, -0.1) is 0 Å². The topological polar surface area (TPSA) is 54.4 Å². The molecule has 5 heteroatoms. The zero-order valence-electron chi connectivity index (χ0n) is 9.14. The van der Waals surface area contributed by atoms with Crippen molar-refractivity contribution in [2.45, 2.75) is 11.8 Å². The van der Waals surface area contributed by atoms with E-state index in [2.05, 4.69) is 0 Å². The number of hydrogen-bond donors (Lipinski definition) is 1. The van der Waals surface area contributed by atoms with E-state index in [0.717, 1.165) is 10.9 Å². The second-order valence-electron chi connectivity index (χ2n) is 3.40. The second-order valence-corrected chi connectivity index (χ2v) is 4.79. The van der Waals surface area contributed by atoms with Crippen LogP contribution in [-0.2, 0) is 10.1 Å². The van der Waals surface area contributed by atoms with Crippen LogP contribution < -0.4 is 51.4 Å². The van der Waals surface area contributed by atoms with Crippen molar-refractivity contribution in [3.05, 3.63) is 42.0 Å². The Morgan fingerprint density at radius 3 is 2.12 bits per heavy atom. The van der Waals surface area contributed by atoms with E-state index in [1.807, 2.05) is 19.1 Å². The van der Waals surface area contributed by atoms with E-state index >= 15 is 0 Å². The maximum absolute atomic E-state index is 11.1. The van der Waals surface area contributed by atoms with Gasteiger partial charge in [0.1, 0.15) is 4.90 Å². The zero-order valence-corrected chi connectivity index (χ0v) is 13.1. The first kappa shape index (κ1) is 14.3. The largest absolute Gasteiger partial charge is 1.00 e. The fraction of sp³-hybridized carbons (Fsp3) is 0.0909. The standard InChI is InChI=1S/C11H10O3S.K/c1-8-6-7-11(15(12,13)14)10-5-3-2-4-9(8)10;/h2-7H,1H3,(H,12,13,14);/q;+1. The van der Waals surface area contributed by atoms with E-state index in [1.165, 1.54) is 6.07 Å². The molecular weight excluding hydrogens is 251 g/mol. The van der Waals surface area contributed by atoms with Gasteiger partial charge in [0.05, 0.1) is 0 Å². The number of fused-ring (bicyclic) bond motifs is 1. The third-order valence-corrected chi connectivity index (χ3v) is 3.29. The fourth-order valence-electron chi connectivity index (χ4n) is 1.65. The van der Waals surface area contributed by atoms with Gasteiger partial charge < -0.3 is 0 Å². The maximum atomic E-state index is 11.1. The Bertz CT molecular complexity index is 620. The molecule has 16 heavy (non-hydrogen) atoms. The molecule has 2 rings (SSSR count). The fourth-order valence-corrected chi connectivity index (χ4v) is 2.34. The molecule has 2 aromatic carbocycles. The summed E-state index contributed by atoms with van der Waals surface area (Å²) in [6.45, 7) is 1.90. The van der Waals surface area contributed by atoms with Gasteiger partial charge in [0, 0.05) is 5.39 Å². The van der Waals surface area contributed by atoms with Gasteiger partial charge in [0.25, 0.3) is 10.1 Å². The smallest absolute Gasteiger partial charge is 0.282 e. The molecule has 0 aliphatic rings. The average Bonchev–Trinajstić information content (AvgIpc) is 2.17. The van der Waals surface area contributed by atoms with Crippen LogP contribution in [-0.4, -0.2) is 13.0 Å². The van der Waals surface area contributed by atoms with Crippen LogP contribution >= 0.6 is 0 Å². The predicted octanol–water partition coefficient (Wildman–Crippen LogP) is -0.601. The molecule has 2 aromatic rings. The molecule has 0 bridgehead atoms. The van der Waals surface area contributed by atoms with Crippen LogP contribution in [0.1, 0.15) is 5.56 Å². The second kappa shape index (κ2) is 5.26. The van der Waals surface area contributed by atoms with Gasteiger partial charge >= 0.3 is 51.4 Å². The molecule has 0 saturated carbocycles. The monoisotopic (exact) mass is 261 g/mol. The Kier molecular flexibility index (Phi) is 4.71. The van der Waals surface area contributed by atoms with E-state index < -0.39 is 10.1 Å². The summed E-state index contributed by atoms with van der Waals surface area (Å²) >= 11 is 0. The summed E-state index contributed by atoms with van der Waals surface area (Å²) in [5.41, 5.74) is 0.984. The van der Waals surface area contributed by atoms with Gasteiger partial charge in [0.2, 0.25) is 0 Å². The van der Waals surface area contributed by atoms with Crippen molar-refractivity contribution in [3.8, 4) is 0 Å². The molecule has 1 N–H and O–H groups in total. The Hall–Kier alpha value is 0.246. The molecule has 0 atom stereocenters. The Morgan fingerprint density at radius 2 is 1.56 bits per heavy atom. The minimum atomic E-state index is -4.15. The predicted molar refractivity (Wildman–Crippen MR) is 58.5 cm³/mol. The first-order valence-corrected chi connectivity index (χ1v) is 5.90. The molecule has 0 spiro atoms. The van der Waals surface area contributed by atoms with E-state index in [1.54, 1.807) is 18.2 Å². The number of hydrogen-bond acceptors (Lipinski definition) is 2. The minimum Gasteiger partial charge on any atom is -0.282 e. The SMILES string of the molecule is Cc1ccc(S(=O)(=O)O)c2ccccc12.[K+]. The summed E-state index contributed by atoms with van der Waals surface area (Å²) in [6.07, 6.45) is 0. The van der Waals surface area contributed by atoms with Gasteiger partial charge in [0.15, 0.2) is 0 Å². The third kappa shape index (κ3) is 2.73. The quantitative estimate of drug-likeness (QED) is 0.551. The normalized spacial score (nSPS) is 11.1. The summed E-state index contributed by atoms with van der Waals surface area (Å²) in [4.78, 5) is -0.0382. The van der Waals surface area contributed by atoms with Gasteiger partial charge in [-0.05, 0) is 23.9 Å². The van der Waals surface area contributed by atoms with Crippen molar-refractivity contribution in [3.63, 3.8) is 0 Å². The maximum Gasteiger partial charge on any atom is 1.00 e. The van der Waals surface area contributed by atoms with Crippen LogP contribution in [0.5, 0.6) is 0 Å². The van der Waals surface area contributed by atoms with Gasteiger partial charge in [-0.1, -0.05) is 30.3 Å². The first-order valence-electron chi connectivity index (χ1n) is 4.46. The summed E-state index contributed by atoms with van der Waals surface area (Å²) in [7, 11) is -4.15. The molecule has 0 aliphatic heterocycles. The van der Waals surface area contributed by atoms with Crippen molar-refractivity contribution in [1.82, 2.24) is 0 Å². The Balaban J connectivity index is 0.00000128. The molecule has 0 radical (unpaired) electrons. The van der Waals surface area contributed by atoms with Crippen molar-refractivity contribution in [2.75, 3.05) is 0 Å². The van der Waals surface area contributed by atoms with Crippen molar-refractivity contribution < 1.29 is 64.4 Å². The Morgan fingerprint density at radius 1 is 1.00 bits per heavy atom. The number of benzene rings is 2. The summed E-state index contributed by atoms with van der Waals surface area (Å²) in [5, 5.41) is 1.40. The van der Waals surface area contributed by atoms with Crippen LogP contribution in [0.25, 0.3) is 10.8 Å². The summed E-state index contributed by atoms with van der Waals surface area (Å²) in [5.74, 6) is 0. The summed E-state index contributed by atoms with van der Waals surface area (Å²) < 4.78 is 31.3.